The van der Waals surface area contributed by atoms with Crippen LogP contribution in [0, 0.1) is 18.3 Å². The third-order valence-corrected chi connectivity index (χ3v) is 4.49. The molecule has 2 heterocycles. The minimum atomic E-state index is -0.280. The largest absolute Gasteiger partial charge is 0.322 e. The van der Waals surface area contributed by atoms with Crippen LogP contribution in [0.3, 0.4) is 0 Å². The van der Waals surface area contributed by atoms with Crippen LogP contribution >= 0.6 is 0 Å². The van der Waals surface area contributed by atoms with Crippen molar-refractivity contribution < 1.29 is 4.79 Å². The van der Waals surface area contributed by atoms with Crippen molar-refractivity contribution in [1.82, 2.24) is 19.9 Å². The van der Waals surface area contributed by atoms with Gasteiger partial charge in [0.05, 0.1) is 17.3 Å². The Labute approximate surface area is 178 Å². The summed E-state index contributed by atoms with van der Waals surface area (Å²) >= 11 is 0. The summed E-state index contributed by atoms with van der Waals surface area (Å²) in [5.41, 5.74) is 3.20. The molecule has 4 aromatic rings. The van der Waals surface area contributed by atoms with Gasteiger partial charge in [-0.1, -0.05) is 6.07 Å². The van der Waals surface area contributed by atoms with E-state index in [4.69, 9.17) is 5.26 Å². The molecule has 2 aromatic carbocycles. The maximum Gasteiger partial charge on any atom is 0.255 e. The quantitative estimate of drug-likeness (QED) is 0.529. The van der Waals surface area contributed by atoms with Crippen molar-refractivity contribution in [3.63, 3.8) is 0 Å². The van der Waals surface area contributed by atoms with Gasteiger partial charge in [-0.05, 0) is 61.0 Å². The normalized spacial score (nSPS) is 10.2. The van der Waals surface area contributed by atoms with Gasteiger partial charge in [-0.25, -0.2) is 24.8 Å². The Morgan fingerprint density at radius 1 is 0.903 bits per heavy atom. The molecule has 0 aliphatic heterocycles. The topological polar surface area (TPSA) is 108 Å². The monoisotopic (exact) mass is 407 g/mol. The highest BCUT2D eigenvalue weighted by Crippen LogP contribution is 2.33. The van der Waals surface area contributed by atoms with E-state index in [9.17, 15) is 4.79 Å². The van der Waals surface area contributed by atoms with Crippen molar-refractivity contribution >= 4 is 29.2 Å². The Kier molecular flexibility index (Phi) is 5.58. The molecular formula is C23H17N7O. The average molecular weight is 407 g/mol. The second-order valence-corrected chi connectivity index (χ2v) is 6.58. The molecule has 0 aliphatic rings. The van der Waals surface area contributed by atoms with Gasteiger partial charge in [0.25, 0.3) is 5.91 Å². The molecule has 0 fully saturated rings. The summed E-state index contributed by atoms with van der Waals surface area (Å²) < 4.78 is 0. The van der Waals surface area contributed by atoms with E-state index in [2.05, 4.69) is 25.3 Å². The zero-order valence-corrected chi connectivity index (χ0v) is 16.6. The first kappa shape index (κ1) is 19.7. The minimum absolute atomic E-state index is 0.280. The second kappa shape index (κ2) is 8.80. The third-order valence-electron chi connectivity index (χ3n) is 4.49. The van der Waals surface area contributed by atoms with E-state index in [0.717, 1.165) is 11.3 Å². The molecule has 8 nitrogen and oxygen atoms in total. The molecule has 0 bridgehead atoms. The lowest BCUT2D eigenvalue weighted by atomic mass is 10.1. The smallest absolute Gasteiger partial charge is 0.255 e. The molecule has 0 atom stereocenters. The molecule has 0 spiro atoms. The van der Waals surface area contributed by atoms with Crippen LogP contribution in [0.5, 0.6) is 0 Å². The summed E-state index contributed by atoms with van der Waals surface area (Å²) in [7, 11) is 0. The van der Waals surface area contributed by atoms with E-state index < -0.39 is 0 Å². The number of aryl methyl sites for hydroxylation is 1. The van der Waals surface area contributed by atoms with E-state index >= 15 is 0 Å². The first-order valence-corrected chi connectivity index (χ1v) is 9.42. The molecular weight excluding hydrogens is 390 g/mol. The van der Waals surface area contributed by atoms with Crippen molar-refractivity contribution in [2.75, 3.05) is 10.2 Å². The molecule has 0 radical (unpaired) electrons. The number of nitrogens with one attached hydrogen (secondary N) is 1. The number of aromatic nitrogens is 4. The number of anilines is 4. The Hall–Kier alpha value is -4.64. The van der Waals surface area contributed by atoms with Crippen molar-refractivity contribution in [3.8, 4) is 6.07 Å². The van der Waals surface area contributed by atoms with E-state index in [1.807, 2.05) is 31.2 Å². The first-order valence-electron chi connectivity index (χ1n) is 9.42. The second-order valence-electron chi connectivity index (χ2n) is 6.58. The van der Waals surface area contributed by atoms with Gasteiger partial charge in [-0.3, -0.25) is 4.79 Å². The summed E-state index contributed by atoms with van der Waals surface area (Å²) in [6.07, 6.45) is 6.57. The summed E-state index contributed by atoms with van der Waals surface area (Å²) in [6.45, 7) is 1.94. The van der Waals surface area contributed by atoms with Gasteiger partial charge in [0.1, 0.15) is 0 Å². The van der Waals surface area contributed by atoms with E-state index in [1.54, 1.807) is 66.1 Å². The maximum absolute atomic E-state index is 12.7. The minimum Gasteiger partial charge on any atom is -0.322 e. The number of carbonyl (C=O) groups is 1. The molecule has 150 valence electrons. The van der Waals surface area contributed by atoms with Gasteiger partial charge >= 0.3 is 0 Å². The lowest BCUT2D eigenvalue weighted by molar-refractivity contribution is 0.102. The SMILES string of the molecule is Cc1ccc(NC(=O)c2ccc(C#N)cc2)cc1N(c1ncccn1)c1ncccn1. The third kappa shape index (κ3) is 4.36. The molecule has 8 heteroatoms. The number of nitrogens with zero attached hydrogens (tertiary/aromatic N) is 6. The highest BCUT2D eigenvalue weighted by molar-refractivity contribution is 6.04. The Morgan fingerprint density at radius 3 is 2.03 bits per heavy atom. The zero-order valence-electron chi connectivity index (χ0n) is 16.6. The van der Waals surface area contributed by atoms with E-state index in [-0.39, 0.29) is 5.91 Å². The highest BCUT2D eigenvalue weighted by atomic mass is 16.1. The number of carbonyl (C=O) groups excluding carboxylic acids is 1. The van der Waals surface area contributed by atoms with Gasteiger partial charge in [-0.2, -0.15) is 5.26 Å². The summed E-state index contributed by atoms with van der Waals surface area (Å²) in [5, 5.41) is 11.8. The molecule has 1 amide bonds. The maximum atomic E-state index is 12.7. The van der Waals surface area contributed by atoms with Crippen LogP contribution in [0.4, 0.5) is 23.3 Å². The number of benzene rings is 2. The number of nitriles is 1. The number of hydrogen-bond acceptors (Lipinski definition) is 7. The Bertz CT molecular complexity index is 1200. The molecule has 1 N–H and O–H groups in total. The van der Waals surface area contributed by atoms with Gasteiger partial charge in [0, 0.05) is 36.0 Å². The summed E-state index contributed by atoms with van der Waals surface area (Å²) in [6, 6.07) is 17.5. The number of hydrogen-bond donors (Lipinski definition) is 1. The predicted molar refractivity (Wildman–Crippen MR) is 116 cm³/mol. The van der Waals surface area contributed by atoms with Crippen LogP contribution < -0.4 is 10.2 Å². The van der Waals surface area contributed by atoms with Crippen molar-refractivity contribution in [2.45, 2.75) is 6.92 Å². The number of rotatable bonds is 5. The zero-order chi connectivity index (χ0) is 21.6. The molecule has 0 saturated carbocycles. The van der Waals surface area contributed by atoms with Crippen molar-refractivity contribution in [1.29, 1.82) is 5.26 Å². The lowest BCUT2D eigenvalue weighted by Gasteiger charge is -2.23. The summed E-state index contributed by atoms with van der Waals surface area (Å²) in [4.78, 5) is 31.8. The first-order chi connectivity index (χ1) is 15.2. The average Bonchev–Trinajstić information content (AvgIpc) is 2.82. The fourth-order valence-corrected chi connectivity index (χ4v) is 2.95. The Balaban J connectivity index is 1.70. The Morgan fingerprint density at radius 2 is 1.48 bits per heavy atom. The van der Waals surface area contributed by atoms with Crippen LogP contribution in [0.15, 0.2) is 79.4 Å². The lowest BCUT2D eigenvalue weighted by Crippen LogP contribution is -2.18. The van der Waals surface area contributed by atoms with E-state index in [0.29, 0.717) is 28.7 Å². The van der Waals surface area contributed by atoms with E-state index in [1.165, 1.54) is 0 Å². The van der Waals surface area contributed by atoms with Gasteiger partial charge in [0.15, 0.2) is 0 Å². The molecule has 0 saturated heterocycles. The van der Waals surface area contributed by atoms with Crippen molar-refractivity contribution in [3.05, 3.63) is 96.1 Å². The van der Waals surface area contributed by atoms with Crippen molar-refractivity contribution in [2.24, 2.45) is 0 Å². The fraction of sp³-hybridized carbons (Fsp3) is 0.0435. The standard InChI is InChI=1S/C23H17N7O/c1-16-4-9-19(29-21(31)18-7-5-17(15-24)6-8-18)14-20(16)30(22-25-10-2-11-26-22)23-27-12-3-13-28-23/h2-14H,1H3,(H,29,31). The van der Waals surface area contributed by atoms with Gasteiger partial charge < -0.3 is 5.32 Å². The molecule has 0 unspecified atom stereocenters. The van der Waals surface area contributed by atoms with Crippen LogP contribution in [0.1, 0.15) is 21.5 Å². The number of amides is 1. The predicted octanol–water partition coefficient (Wildman–Crippen LogP) is 4.17. The van der Waals surface area contributed by atoms with Gasteiger partial charge in [0.2, 0.25) is 11.9 Å². The van der Waals surface area contributed by atoms with Gasteiger partial charge in [-0.15, -0.1) is 0 Å². The summed E-state index contributed by atoms with van der Waals surface area (Å²) in [5.74, 6) is 0.539. The highest BCUT2D eigenvalue weighted by Gasteiger charge is 2.20. The fourth-order valence-electron chi connectivity index (χ4n) is 2.95. The van der Waals surface area contributed by atoms with Crippen LogP contribution in [-0.2, 0) is 0 Å². The van der Waals surface area contributed by atoms with Crippen LogP contribution in [-0.4, -0.2) is 25.8 Å². The molecule has 2 aromatic heterocycles. The van der Waals surface area contributed by atoms with Crippen LogP contribution in [0.2, 0.25) is 0 Å². The molecule has 4 rings (SSSR count). The molecule has 0 aliphatic carbocycles. The van der Waals surface area contributed by atoms with Crippen LogP contribution in [0.25, 0.3) is 0 Å². The molecule has 31 heavy (non-hydrogen) atoms.